The molecule has 64 valence electrons. The van der Waals surface area contributed by atoms with Crippen molar-refractivity contribution < 1.29 is 0 Å². The van der Waals surface area contributed by atoms with E-state index in [0.29, 0.717) is 5.88 Å². The van der Waals surface area contributed by atoms with Crippen LogP contribution in [0.2, 0.25) is 0 Å². The predicted molar refractivity (Wildman–Crippen MR) is 55.3 cm³/mol. The number of hydrogen-bond donors (Lipinski definition) is 0. The second-order valence-corrected chi connectivity index (χ2v) is 2.91. The van der Waals surface area contributed by atoms with E-state index < -0.39 is 0 Å². The third-order valence-electron chi connectivity index (χ3n) is 1.73. The van der Waals surface area contributed by atoms with Gasteiger partial charge in [0.05, 0.1) is 0 Å². The zero-order chi connectivity index (χ0) is 8.81. The summed E-state index contributed by atoms with van der Waals surface area (Å²) in [7, 11) is 0. The van der Waals surface area contributed by atoms with Crippen LogP contribution in [0.15, 0.2) is 30.3 Å². The molecule has 1 aromatic carbocycles. The van der Waals surface area contributed by atoms with Crippen LogP contribution >= 0.6 is 11.6 Å². The van der Waals surface area contributed by atoms with E-state index in [2.05, 4.69) is 31.2 Å². The Labute approximate surface area is 78.9 Å². The second-order valence-electron chi connectivity index (χ2n) is 2.64. The van der Waals surface area contributed by atoms with Crippen molar-refractivity contribution in [1.29, 1.82) is 0 Å². The van der Waals surface area contributed by atoms with Gasteiger partial charge in [-0.1, -0.05) is 43.3 Å². The second kappa shape index (κ2) is 5.00. The van der Waals surface area contributed by atoms with Gasteiger partial charge in [0.15, 0.2) is 0 Å². The number of benzene rings is 1. The van der Waals surface area contributed by atoms with E-state index in [4.69, 9.17) is 11.6 Å². The number of halogens is 1. The molecule has 1 heteroatoms. The van der Waals surface area contributed by atoms with Crippen molar-refractivity contribution >= 4 is 17.7 Å². The molecule has 1 rings (SSSR count). The molecule has 0 atom stereocenters. The normalized spacial score (nSPS) is 10.8. The first kappa shape index (κ1) is 9.34. The highest BCUT2D eigenvalue weighted by molar-refractivity contribution is 6.17. The van der Waals surface area contributed by atoms with Crippen LogP contribution in [0, 0.1) is 0 Å². The van der Waals surface area contributed by atoms with Gasteiger partial charge in [0.25, 0.3) is 0 Å². The molecule has 0 saturated heterocycles. The Hall–Kier alpha value is -0.750. The number of hydrogen-bond acceptors (Lipinski definition) is 0. The lowest BCUT2D eigenvalue weighted by Gasteiger charge is -1.99. The molecule has 0 radical (unpaired) electrons. The van der Waals surface area contributed by atoms with Gasteiger partial charge >= 0.3 is 0 Å². The average Bonchev–Trinajstić information content (AvgIpc) is 2.15. The first-order valence-corrected chi connectivity index (χ1v) is 4.72. The van der Waals surface area contributed by atoms with Crippen molar-refractivity contribution in [3.63, 3.8) is 0 Å². The van der Waals surface area contributed by atoms with Gasteiger partial charge < -0.3 is 0 Å². The van der Waals surface area contributed by atoms with Crippen molar-refractivity contribution in [2.45, 2.75) is 19.2 Å². The van der Waals surface area contributed by atoms with E-state index in [-0.39, 0.29) is 0 Å². The first-order valence-electron chi connectivity index (χ1n) is 4.19. The van der Waals surface area contributed by atoms with E-state index in [1.165, 1.54) is 11.1 Å². The molecule has 0 fully saturated rings. The third-order valence-corrected chi connectivity index (χ3v) is 2.02. The highest BCUT2D eigenvalue weighted by Gasteiger charge is 1.94. The molecule has 0 amide bonds. The van der Waals surface area contributed by atoms with Gasteiger partial charge in [0, 0.05) is 5.88 Å². The highest BCUT2D eigenvalue weighted by Crippen LogP contribution is 2.12. The van der Waals surface area contributed by atoms with Crippen molar-refractivity contribution in [2.75, 3.05) is 0 Å². The fraction of sp³-hybridized carbons (Fsp3) is 0.273. The standard InChI is InChI=1S/C11H13Cl/c1-2-3-6-10-7-4-5-8-11(10)9-12/h3-8H,2,9H2,1H3. The topological polar surface area (TPSA) is 0 Å². The predicted octanol–water partition coefficient (Wildman–Crippen LogP) is 3.85. The molecule has 0 spiro atoms. The molecule has 0 bridgehead atoms. The Kier molecular flexibility index (Phi) is 3.89. The van der Waals surface area contributed by atoms with Gasteiger partial charge in [-0.25, -0.2) is 0 Å². The van der Waals surface area contributed by atoms with Crippen molar-refractivity contribution in [3.8, 4) is 0 Å². The summed E-state index contributed by atoms with van der Waals surface area (Å²) in [4.78, 5) is 0. The summed E-state index contributed by atoms with van der Waals surface area (Å²) in [6.45, 7) is 2.12. The zero-order valence-electron chi connectivity index (χ0n) is 7.26. The summed E-state index contributed by atoms with van der Waals surface area (Å²) in [5.41, 5.74) is 2.43. The molecule has 0 aliphatic rings. The van der Waals surface area contributed by atoms with Crippen LogP contribution in [0.3, 0.4) is 0 Å². The van der Waals surface area contributed by atoms with Crippen LogP contribution in [-0.4, -0.2) is 0 Å². The van der Waals surface area contributed by atoms with Crippen molar-refractivity contribution in [3.05, 3.63) is 41.5 Å². The lowest BCUT2D eigenvalue weighted by molar-refractivity contribution is 1.23. The lowest BCUT2D eigenvalue weighted by atomic mass is 10.1. The van der Waals surface area contributed by atoms with Crippen LogP contribution < -0.4 is 0 Å². The minimum Gasteiger partial charge on any atom is -0.122 e. The molecular formula is C11H13Cl. The summed E-state index contributed by atoms with van der Waals surface area (Å²) in [6, 6.07) is 8.19. The zero-order valence-corrected chi connectivity index (χ0v) is 8.01. The summed E-state index contributed by atoms with van der Waals surface area (Å²) in [6.07, 6.45) is 5.33. The van der Waals surface area contributed by atoms with Gasteiger partial charge in [-0.3, -0.25) is 0 Å². The molecule has 0 unspecified atom stereocenters. The third kappa shape index (κ3) is 2.38. The Balaban J connectivity index is 2.89. The molecule has 1 aromatic rings. The minimum atomic E-state index is 0.588. The quantitative estimate of drug-likeness (QED) is 0.620. The van der Waals surface area contributed by atoms with Gasteiger partial charge in [-0.05, 0) is 17.5 Å². The van der Waals surface area contributed by atoms with E-state index in [0.717, 1.165) is 6.42 Å². The molecular weight excluding hydrogens is 168 g/mol. The maximum atomic E-state index is 5.78. The highest BCUT2D eigenvalue weighted by atomic mass is 35.5. The molecule has 0 saturated carbocycles. The molecule has 0 aromatic heterocycles. The summed E-state index contributed by atoms with van der Waals surface area (Å²) < 4.78 is 0. The number of allylic oxidation sites excluding steroid dienone is 1. The smallest absolute Gasteiger partial charge is 0.0479 e. The molecule has 0 aliphatic carbocycles. The lowest BCUT2D eigenvalue weighted by Crippen LogP contribution is -1.82. The van der Waals surface area contributed by atoms with Crippen LogP contribution in [0.1, 0.15) is 24.5 Å². The van der Waals surface area contributed by atoms with Gasteiger partial charge in [0.2, 0.25) is 0 Å². The summed E-state index contributed by atoms with van der Waals surface area (Å²) in [5.74, 6) is 0.588. The SMILES string of the molecule is CCC=Cc1ccccc1CCl. The van der Waals surface area contributed by atoms with Crippen LogP contribution in [0.5, 0.6) is 0 Å². The fourth-order valence-corrected chi connectivity index (χ4v) is 1.31. The number of rotatable bonds is 3. The minimum absolute atomic E-state index is 0.588. The monoisotopic (exact) mass is 180 g/mol. The Morgan fingerprint density at radius 2 is 2.08 bits per heavy atom. The van der Waals surface area contributed by atoms with Crippen molar-refractivity contribution in [1.82, 2.24) is 0 Å². The van der Waals surface area contributed by atoms with Gasteiger partial charge in [0.1, 0.15) is 0 Å². The largest absolute Gasteiger partial charge is 0.122 e. The van der Waals surface area contributed by atoms with Crippen LogP contribution in [0.4, 0.5) is 0 Å². The Morgan fingerprint density at radius 3 is 2.75 bits per heavy atom. The van der Waals surface area contributed by atoms with Gasteiger partial charge in [-0.15, -0.1) is 11.6 Å². The van der Waals surface area contributed by atoms with E-state index in [9.17, 15) is 0 Å². The maximum Gasteiger partial charge on any atom is 0.0479 e. The van der Waals surface area contributed by atoms with Crippen LogP contribution in [-0.2, 0) is 5.88 Å². The number of alkyl halides is 1. The van der Waals surface area contributed by atoms with Gasteiger partial charge in [-0.2, -0.15) is 0 Å². The Bertz CT molecular complexity index is 263. The molecule has 0 nitrogen and oxygen atoms in total. The maximum absolute atomic E-state index is 5.78. The van der Waals surface area contributed by atoms with E-state index >= 15 is 0 Å². The fourth-order valence-electron chi connectivity index (χ4n) is 1.06. The summed E-state index contributed by atoms with van der Waals surface area (Å²) in [5, 5.41) is 0. The van der Waals surface area contributed by atoms with Crippen LogP contribution in [0.25, 0.3) is 6.08 Å². The molecule has 12 heavy (non-hydrogen) atoms. The first-order chi connectivity index (χ1) is 5.88. The Morgan fingerprint density at radius 1 is 1.33 bits per heavy atom. The van der Waals surface area contributed by atoms with E-state index in [1.807, 2.05) is 12.1 Å². The van der Waals surface area contributed by atoms with E-state index in [1.54, 1.807) is 0 Å². The van der Waals surface area contributed by atoms with Crippen molar-refractivity contribution in [2.24, 2.45) is 0 Å². The summed E-state index contributed by atoms with van der Waals surface area (Å²) >= 11 is 5.78. The molecule has 0 N–H and O–H groups in total. The average molecular weight is 181 g/mol. The molecule has 0 aliphatic heterocycles. The molecule has 0 heterocycles.